The number of aromatic nitrogens is 1. The molecule has 0 bridgehead atoms. The highest BCUT2D eigenvalue weighted by atomic mass is 79.9. The van der Waals surface area contributed by atoms with Crippen molar-refractivity contribution >= 4 is 33.0 Å². The molecule has 0 aliphatic rings. The standard InChI is InChI=1S/C10H7BrN2O3S/c1-16-9-3-2-6(4-8(9)13(14)15)7-5-17-10(11)12-7/h2-5H,1H3. The van der Waals surface area contributed by atoms with Crippen molar-refractivity contribution in [2.24, 2.45) is 0 Å². The fraction of sp³-hybridized carbons (Fsp3) is 0.100. The third-order valence-electron chi connectivity index (χ3n) is 2.15. The number of halogens is 1. The van der Waals surface area contributed by atoms with Gasteiger partial charge in [-0.2, -0.15) is 0 Å². The van der Waals surface area contributed by atoms with Gasteiger partial charge < -0.3 is 4.74 Å². The maximum Gasteiger partial charge on any atom is 0.311 e. The average molecular weight is 315 g/mol. The van der Waals surface area contributed by atoms with Gasteiger partial charge in [0, 0.05) is 17.0 Å². The number of thiazole rings is 1. The van der Waals surface area contributed by atoms with Gasteiger partial charge >= 0.3 is 5.69 Å². The zero-order chi connectivity index (χ0) is 12.4. The van der Waals surface area contributed by atoms with Crippen molar-refractivity contribution in [3.8, 4) is 17.0 Å². The van der Waals surface area contributed by atoms with Gasteiger partial charge in [-0.25, -0.2) is 4.98 Å². The van der Waals surface area contributed by atoms with Crippen molar-refractivity contribution in [1.82, 2.24) is 4.98 Å². The van der Waals surface area contributed by atoms with E-state index in [1.54, 1.807) is 12.1 Å². The summed E-state index contributed by atoms with van der Waals surface area (Å²) in [5.41, 5.74) is 1.33. The highest BCUT2D eigenvalue weighted by molar-refractivity contribution is 9.11. The Morgan fingerprint density at radius 2 is 2.29 bits per heavy atom. The topological polar surface area (TPSA) is 65.3 Å². The number of benzene rings is 1. The molecular formula is C10H7BrN2O3S. The maximum absolute atomic E-state index is 10.9. The average Bonchev–Trinajstić information content (AvgIpc) is 2.75. The maximum atomic E-state index is 10.9. The van der Waals surface area contributed by atoms with E-state index in [4.69, 9.17) is 4.74 Å². The molecule has 0 aliphatic heterocycles. The number of methoxy groups -OCH3 is 1. The van der Waals surface area contributed by atoms with Crippen LogP contribution in [0.3, 0.4) is 0 Å². The molecule has 1 heterocycles. The van der Waals surface area contributed by atoms with Gasteiger partial charge in [0.25, 0.3) is 0 Å². The number of hydrogen-bond donors (Lipinski definition) is 0. The minimum atomic E-state index is -0.469. The second kappa shape index (κ2) is 4.80. The molecule has 88 valence electrons. The van der Waals surface area contributed by atoms with Gasteiger partial charge in [-0.3, -0.25) is 10.1 Å². The normalized spacial score (nSPS) is 10.2. The smallest absolute Gasteiger partial charge is 0.311 e. The number of rotatable bonds is 3. The Bertz CT molecular complexity index is 570. The third kappa shape index (κ3) is 2.45. The molecule has 0 saturated heterocycles. The van der Waals surface area contributed by atoms with E-state index in [1.807, 2.05) is 5.38 Å². The molecule has 2 aromatic rings. The van der Waals surface area contributed by atoms with Crippen molar-refractivity contribution < 1.29 is 9.66 Å². The van der Waals surface area contributed by atoms with Gasteiger partial charge in [0.15, 0.2) is 9.67 Å². The number of ether oxygens (including phenoxy) is 1. The van der Waals surface area contributed by atoms with Crippen LogP contribution in [-0.2, 0) is 0 Å². The first-order valence-corrected chi connectivity index (χ1v) is 6.23. The minimum Gasteiger partial charge on any atom is -0.490 e. The summed E-state index contributed by atoms with van der Waals surface area (Å²) < 4.78 is 5.68. The van der Waals surface area contributed by atoms with E-state index < -0.39 is 4.92 Å². The van der Waals surface area contributed by atoms with Crippen LogP contribution in [0.1, 0.15) is 0 Å². The van der Waals surface area contributed by atoms with Gasteiger partial charge in [-0.05, 0) is 28.1 Å². The van der Waals surface area contributed by atoms with Crippen LogP contribution in [0.2, 0.25) is 0 Å². The highest BCUT2D eigenvalue weighted by Gasteiger charge is 2.16. The molecule has 0 saturated carbocycles. The molecule has 7 heteroatoms. The SMILES string of the molecule is COc1ccc(-c2csc(Br)n2)cc1[N+](=O)[O-]. The van der Waals surface area contributed by atoms with Crippen LogP contribution >= 0.6 is 27.3 Å². The second-order valence-corrected chi connectivity index (χ2v) is 5.26. The van der Waals surface area contributed by atoms with E-state index in [0.29, 0.717) is 11.3 Å². The Hall–Kier alpha value is -1.47. The lowest BCUT2D eigenvalue weighted by molar-refractivity contribution is -0.385. The monoisotopic (exact) mass is 314 g/mol. The molecule has 0 unspecified atom stereocenters. The molecule has 5 nitrogen and oxygen atoms in total. The highest BCUT2D eigenvalue weighted by Crippen LogP contribution is 2.33. The zero-order valence-corrected chi connectivity index (χ0v) is 11.1. The van der Waals surface area contributed by atoms with Crippen molar-refractivity contribution in [3.05, 3.63) is 37.6 Å². The summed E-state index contributed by atoms with van der Waals surface area (Å²) in [5.74, 6) is 0.244. The van der Waals surface area contributed by atoms with Crippen LogP contribution in [0.5, 0.6) is 5.75 Å². The van der Waals surface area contributed by atoms with Crippen LogP contribution < -0.4 is 4.74 Å². The van der Waals surface area contributed by atoms with Gasteiger partial charge in [-0.1, -0.05) is 0 Å². The molecule has 0 fully saturated rings. The quantitative estimate of drug-likeness (QED) is 0.642. The van der Waals surface area contributed by atoms with Crippen LogP contribution in [-0.4, -0.2) is 17.0 Å². The van der Waals surface area contributed by atoms with Crippen molar-refractivity contribution in [2.75, 3.05) is 7.11 Å². The Labute approximate surface area is 109 Å². The summed E-state index contributed by atoms with van der Waals surface area (Å²) >= 11 is 4.68. The molecule has 0 radical (unpaired) electrons. The van der Waals surface area contributed by atoms with Crippen LogP contribution in [0, 0.1) is 10.1 Å². The minimum absolute atomic E-state index is 0.0610. The van der Waals surface area contributed by atoms with Crippen LogP contribution in [0.25, 0.3) is 11.3 Å². The van der Waals surface area contributed by atoms with Crippen LogP contribution in [0.4, 0.5) is 5.69 Å². The van der Waals surface area contributed by atoms with Crippen molar-refractivity contribution in [3.63, 3.8) is 0 Å². The summed E-state index contributed by atoms with van der Waals surface area (Å²) in [5, 5.41) is 12.7. The van der Waals surface area contributed by atoms with E-state index >= 15 is 0 Å². The Kier molecular flexibility index (Phi) is 3.39. The van der Waals surface area contributed by atoms with E-state index in [0.717, 1.165) is 3.92 Å². The molecule has 0 N–H and O–H groups in total. The molecule has 0 aliphatic carbocycles. The summed E-state index contributed by atoms with van der Waals surface area (Å²) in [7, 11) is 1.40. The summed E-state index contributed by atoms with van der Waals surface area (Å²) in [6.45, 7) is 0. The largest absolute Gasteiger partial charge is 0.490 e. The Morgan fingerprint density at radius 3 is 2.82 bits per heavy atom. The number of nitro groups is 1. The summed E-state index contributed by atoms with van der Waals surface area (Å²) in [4.78, 5) is 14.6. The van der Waals surface area contributed by atoms with E-state index in [-0.39, 0.29) is 11.4 Å². The van der Waals surface area contributed by atoms with Crippen LogP contribution in [0.15, 0.2) is 27.5 Å². The lowest BCUT2D eigenvalue weighted by atomic mass is 10.1. The fourth-order valence-corrected chi connectivity index (χ4v) is 2.40. The Balaban J connectivity index is 2.50. The molecule has 1 aromatic heterocycles. The molecule has 1 aromatic carbocycles. The van der Waals surface area contributed by atoms with E-state index in [1.165, 1.54) is 24.5 Å². The van der Waals surface area contributed by atoms with Gasteiger partial charge in [0.1, 0.15) is 0 Å². The molecular weight excluding hydrogens is 308 g/mol. The third-order valence-corrected chi connectivity index (χ3v) is 3.51. The first-order chi connectivity index (χ1) is 8.11. The van der Waals surface area contributed by atoms with Crippen molar-refractivity contribution in [2.45, 2.75) is 0 Å². The van der Waals surface area contributed by atoms with Gasteiger partial charge in [0.05, 0.1) is 17.7 Å². The number of hydrogen-bond acceptors (Lipinski definition) is 5. The second-order valence-electron chi connectivity index (χ2n) is 3.13. The number of nitro benzene ring substituents is 1. The molecule has 0 amide bonds. The molecule has 2 rings (SSSR count). The lowest BCUT2D eigenvalue weighted by Gasteiger charge is -2.02. The molecule has 0 spiro atoms. The lowest BCUT2D eigenvalue weighted by Crippen LogP contribution is -1.94. The number of nitrogens with zero attached hydrogens (tertiary/aromatic N) is 2. The molecule has 0 atom stereocenters. The van der Waals surface area contributed by atoms with Gasteiger partial charge in [0.2, 0.25) is 0 Å². The zero-order valence-electron chi connectivity index (χ0n) is 8.71. The van der Waals surface area contributed by atoms with Crippen molar-refractivity contribution in [1.29, 1.82) is 0 Å². The first-order valence-electron chi connectivity index (χ1n) is 4.55. The predicted octanol–water partition coefficient (Wildman–Crippen LogP) is 3.49. The van der Waals surface area contributed by atoms with E-state index in [2.05, 4.69) is 20.9 Å². The summed E-state index contributed by atoms with van der Waals surface area (Å²) in [6, 6.07) is 4.77. The predicted molar refractivity (Wildman–Crippen MR) is 68.5 cm³/mol. The fourth-order valence-electron chi connectivity index (χ4n) is 1.38. The summed E-state index contributed by atoms with van der Waals surface area (Å²) in [6.07, 6.45) is 0. The Morgan fingerprint density at radius 1 is 1.53 bits per heavy atom. The van der Waals surface area contributed by atoms with Gasteiger partial charge in [-0.15, -0.1) is 11.3 Å². The van der Waals surface area contributed by atoms with E-state index in [9.17, 15) is 10.1 Å². The molecule has 17 heavy (non-hydrogen) atoms. The first kappa shape index (κ1) is 12.0.